The Balaban J connectivity index is 0.00000243. The lowest BCUT2D eigenvalue weighted by atomic mass is 9.79. The molecule has 26 heavy (non-hydrogen) atoms. The van der Waals surface area contributed by atoms with Gasteiger partial charge in [0.25, 0.3) is 0 Å². The molecule has 3 rings (SSSR count). The molecule has 1 aliphatic rings. The van der Waals surface area contributed by atoms with E-state index >= 15 is 0 Å². The molecule has 6 heteroatoms. The third-order valence-electron chi connectivity index (χ3n) is 5.24. The molecule has 0 saturated heterocycles. The Bertz CT molecular complexity index is 701. The van der Waals surface area contributed by atoms with Crippen molar-refractivity contribution in [2.45, 2.75) is 51.5 Å². The van der Waals surface area contributed by atoms with E-state index in [9.17, 15) is 0 Å². The van der Waals surface area contributed by atoms with Crippen molar-refractivity contribution in [1.82, 2.24) is 15.6 Å². The van der Waals surface area contributed by atoms with Gasteiger partial charge in [0.1, 0.15) is 5.76 Å². The number of guanidine groups is 1. The van der Waals surface area contributed by atoms with Crippen LogP contribution in [0.3, 0.4) is 0 Å². The highest BCUT2D eigenvalue weighted by Crippen LogP contribution is 2.40. The lowest BCUT2D eigenvalue weighted by Gasteiger charge is -2.30. The van der Waals surface area contributed by atoms with Gasteiger partial charge in [0, 0.05) is 19.0 Å². The smallest absolute Gasteiger partial charge is 0.214 e. The van der Waals surface area contributed by atoms with Crippen LogP contribution in [0.15, 0.2) is 39.7 Å². The molecule has 0 unspecified atom stereocenters. The molecule has 1 aromatic heterocycles. The number of halogens is 1. The van der Waals surface area contributed by atoms with Gasteiger partial charge in [-0.15, -0.1) is 24.0 Å². The minimum Gasteiger partial charge on any atom is -0.444 e. The van der Waals surface area contributed by atoms with Gasteiger partial charge in [0.2, 0.25) is 5.89 Å². The van der Waals surface area contributed by atoms with E-state index < -0.39 is 0 Å². The second kappa shape index (κ2) is 9.39. The van der Waals surface area contributed by atoms with Crippen molar-refractivity contribution in [3.63, 3.8) is 0 Å². The van der Waals surface area contributed by atoms with Crippen LogP contribution in [0.2, 0.25) is 0 Å². The van der Waals surface area contributed by atoms with Gasteiger partial charge in [-0.05, 0) is 32.3 Å². The molecule has 0 aliphatic heterocycles. The highest BCUT2D eigenvalue weighted by molar-refractivity contribution is 14.0. The zero-order valence-corrected chi connectivity index (χ0v) is 18.2. The van der Waals surface area contributed by atoms with Crippen LogP contribution < -0.4 is 10.6 Å². The maximum Gasteiger partial charge on any atom is 0.214 e. The Morgan fingerprint density at radius 1 is 1.15 bits per heavy atom. The first-order chi connectivity index (χ1) is 12.1. The standard InChI is InChI=1S/C20H28N4O.HI/c1-15-16(2)25-18(24-15)13-22-19(21-3)23-14-20(11-7-8-12-20)17-9-5-4-6-10-17;/h4-6,9-10H,7-8,11-14H2,1-3H3,(H2,21,22,23);1H. The van der Waals surface area contributed by atoms with Crippen LogP contribution in [0, 0.1) is 13.8 Å². The fourth-order valence-electron chi connectivity index (χ4n) is 3.66. The second-order valence-electron chi connectivity index (χ2n) is 6.88. The van der Waals surface area contributed by atoms with Crippen molar-refractivity contribution >= 4 is 29.9 Å². The first kappa shape index (κ1) is 20.7. The lowest BCUT2D eigenvalue weighted by molar-refractivity contribution is 0.429. The van der Waals surface area contributed by atoms with Crippen LogP contribution in [-0.4, -0.2) is 24.5 Å². The van der Waals surface area contributed by atoms with Crippen molar-refractivity contribution in [3.05, 3.63) is 53.2 Å². The monoisotopic (exact) mass is 468 g/mol. The fraction of sp³-hybridized carbons (Fsp3) is 0.500. The molecule has 1 fully saturated rings. The second-order valence-corrected chi connectivity index (χ2v) is 6.88. The first-order valence-corrected chi connectivity index (χ1v) is 9.06. The summed E-state index contributed by atoms with van der Waals surface area (Å²) in [5.41, 5.74) is 2.57. The summed E-state index contributed by atoms with van der Waals surface area (Å²) in [5.74, 6) is 2.35. The summed E-state index contributed by atoms with van der Waals surface area (Å²) < 4.78 is 5.62. The molecule has 0 atom stereocenters. The van der Waals surface area contributed by atoms with Gasteiger partial charge in [-0.3, -0.25) is 4.99 Å². The van der Waals surface area contributed by atoms with Crippen molar-refractivity contribution in [3.8, 4) is 0 Å². The number of aromatic nitrogens is 1. The van der Waals surface area contributed by atoms with Gasteiger partial charge in [0.15, 0.2) is 5.96 Å². The lowest BCUT2D eigenvalue weighted by Crippen LogP contribution is -2.44. The predicted octanol–water partition coefficient (Wildman–Crippen LogP) is 4.09. The number of aryl methyl sites for hydroxylation is 2. The van der Waals surface area contributed by atoms with Crippen molar-refractivity contribution < 1.29 is 4.42 Å². The SMILES string of the molecule is CN=C(NCc1nc(C)c(C)o1)NCC1(c2ccccc2)CCCC1.I. The van der Waals surface area contributed by atoms with Crippen LogP contribution in [0.5, 0.6) is 0 Å². The molecule has 142 valence electrons. The van der Waals surface area contributed by atoms with E-state index in [0.29, 0.717) is 12.4 Å². The van der Waals surface area contributed by atoms with Crippen molar-refractivity contribution in [1.29, 1.82) is 0 Å². The summed E-state index contributed by atoms with van der Waals surface area (Å²) in [4.78, 5) is 8.75. The number of benzene rings is 1. The molecule has 5 nitrogen and oxygen atoms in total. The molecule has 1 heterocycles. The van der Waals surface area contributed by atoms with Gasteiger partial charge in [-0.2, -0.15) is 0 Å². The minimum absolute atomic E-state index is 0. The summed E-state index contributed by atoms with van der Waals surface area (Å²) >= 11 is 0. The van der Waals surface area contributed by atoms with Crippen molar-refractivity contribution in [2.24, 2.45) is 4.99 Å². The van der Waals surface area contributed by atoms with Crippen molar-refractivity contribution in [2.75, 3.05) is 13.6 Å². The summed E-state index contributed by atoms with van der Waals surface area (Å²) in [7, 11) is 1.80. The molecule has 0 bridgehead atoms. The molecule has 2 N–H and O–H groups in total. The summed E-state index contributed by atoms with van der Waals surface area (Å²) in [6.45, 7) is 5.31. The third kappa shape index (κ3) is 4.78. The molecular formula is C20H29IN4O. The van der Waals surface area contributed by atoms with E-state index in [1.54, 1.807) is 7.05 Å². The van der Waals surface area contributed by atoms with E-state index in [2.05, 4.69) is 50.9 Å². The maximum absolute atomic E-state index is 5.62. The third-order valence-corrected chi connectivity index (χ3v) is 5.24. The molecule has 0 spiro atoms. The number of oxazole rings is 1. The predicted molar refractivity (Wildman–Crippen MR) is 116 cm³/mol. The van der Waals surface area contributed by atoms with Crippen LogP contribution in [-0.2, 0) is 12.0 Å². The largest absolute Gasteiger partial charge is 0.444 e. The van der Waals surface area contributed by atoms with Crippen LogP contribution in [0.4, 0.5) is 0 Å². The molecule has 0 amide bonds. The number of aliphatic imine (C=N–C) groups is 1. The number of nitrogens with zero attached hydrogens (tertiary/aromatic N) is 2. The summed E-state index contributed by atoms with van der Waals surface area (Å²) in [5, 5.41) is 6.81. The average Bonchev–Trinajstić information content (AvgIpc) is 3.24. The van der Waals surface area contributed by atoms with Crippen LogP contribution in [0.25, 0.3) is 0 Å². The maximum atomic E-state index is 5.62. The van der Waals surface area contributed by atoms with Gasteiger partial charge in [0.05, 0.1) is 12.2 Å². The topological polar surface area (TPSA) is 62.5 Å². The summed E-state index contributed by atoms with van der Waals surface area (Å²) in [6.07, 6.45) is 5.02. The highest BCUT2D eigenvalue weighted by atomic mass is 127. The molecule has 2 aromatic rings. The number of rotatable bonds is 5. The van der Waals surface area contributed by atoms with E-state index in [1.165, 1.54) is 31.2 Å². The van der Waals surface area contributed by atoms with E-state index in [-0.39, 0.29) is 29.4 Å². The molecule has 0 radical (unpaired) electrons. The Labute approximate surface area is 173 Å². The molecule has 1 saturated carbocycles. The molecule has 1 aliphatic carbocycles. The number of hydrogen-bond acceptors (Lipinski definition) is 3. The van der Waals surface area contributed by atoms with Crippen LogP contribution in [0.1, 0.15) is 48.6 Å². The zero-order chi connectivity index (χ0) is 17.7. The highest BCUT2D eigenvalue weighted by Gasteiger charge is 2.35. The van der Waals surface area contributed by atoms with E-state index in [4.69, 9.17) is 4.42 Å². The Morgan fingerprint density at radius 3 is 2.42 bits per heavy atom. The van der Waals surface area contributed by atoms with Gasteiger partial charge < -0.3 is 15.1 Å². The first-order valence-electron chi connectivity index (χ1n) is 9.06. The molecular weight excluding hydrogens is 439 g/mol. The average molecular weight is 468 g/mol. The van der Waals surface area contributed by atoms with Gasteiger partial charge in [-0.1, -0.05) is 43.2 Å². The Morgan fingerprint density at radius 2 is 1.85 bits per heavy atom. The normalized spacial score (nSPS) is 16.2. The van der Waals surface area contributed by atoms with Gasteiger partial charge >= 0.3 is 0 Å². The van der Waals surface area contributed by atoms with E-state index in [0.717, 1.165) is 24.0 Å². The number of hydrogen-bond donors (Lipinski definition) is 2. The minimum atomic E-state index is 0. The zero-order valence-electron chi connectivity index (χ0n) is 15.8. The Kier molecular flexibility index (Phi) is 7.49. The van der Waals surface area contributed by atoms with Gasteiger partial charge in [-0.25, -0.2) is 4.98 Å². The molecule has 1 aromatic carbocycles. The summed E-state index contributed by atoms with van der Waals surface area (Å²) in [6, 6.07) is 10.9. The van der Waals surface area contributed by atoms with E-state index in [1.807, 2.05) is 13.8 Å². The Hall–Kier alpha value is -1.57. The van der Waals surface area contributed by atoms with Crippen LogP contribution >= 0.6 is 24.0 Å². The number of nitrogens with one attached hydrogen (secondary N) is 2. The quantitative estimate of drug-likeness (QED) is 0.394. The fourth-order valence-corrected chi connectivity index (χ4v) is 3.66.